The summed E-state index contributed by atoms with van der Waals surface area (Å²) >= 11 is 0. The number of benzene rings is 2. The van der Waals surface area contributed by atoms with E-state index in [-0.39, 0.29) is 17.9 Å². The number of nitrogens with one attached hydrogen (secondary N) is 3. The van der Waals surface area contributed by atoms with Crippen LogP contribution in [0.3, 0.4) is 0 Å². The number of anilines is 2. The standard InChI is InChI=1S/C26H26F3N9O/c27-16-3-1-4-17(13-16)38-15-32-23-24(31-14-20-33-19-6-5-18(28)21(29)22(19)34-20)35-26(36-25(23)38)30-7-2-8-37-9-11-39-12-10-37/h1,3-6,13,15H,2,7-12,14H2,(H,33,34)(H2,30,31,35,36). The van der Waals surface area contributed by atoms with Crippen molar-refractivity contribution in [3.63, 3.8) is 0 Å². The van der Waals surface area contributed by atoms with Crippen LogP contribution in [0.5, 0.6) is 0 Å². The molecule has 10 nitrogen and oxygen atoms in total. The van der Waals surface area contributed by atoms with Gasteiger partial charge in [-0.1, -0.05) is 6.07 Å². The molecule has 1 saturated heterocycles. The highest BCUT2D eigenvalue weighted by atomic mass is 19.2. The molecule has 3 aromatic heterocycles. The minimum atomic E-state index is -1.00. The van der Waals surface area contributed by atoms with E-state index in [0.717, 1.165) is 45.3 Å². The Kier molecular flexibility index (Phi) is 6.99. The van der Waals surface area contributed by atoms with Crippen molar-refractivity contribution in [1.82, 2.24) is 34.4 Å². The van der Waals surface area contributed by atoms with E-state index < -0.39 is 11.6 Å². The van der Waals surface area contributed by atoms with Gasteiger partial charge in [-0.15, -0.1) is 0 Å². The summed E-state index contributed by atoms with van der Waals surface area (Å²) in [7, 11) is 0. The topological polar surface area (TPSA) is 109 Å². The minimum absolute atomic E-state index is 0.0716. The molecule has 202 valence electrons. The molecule has 0 radical (unpaired) electrons. The first kappa shape index (κ1) is 25.1. The quantitative estimate of drug-likeness (QED) is 0.243. The lowest BCUT2D eigenvalue weighted by atomic mass is 10.3. The zero-order valence-corrected chi connectivity index (χ0v) is 20.9. The summed E-state index contributed by atoms with van der Waals surface area (Å²) in [5, 5.41) is 6.46. The normalized spacial score (nSPS) is 14.3. The van der Waals surface area contributed by atoms with Crippen molar-refractivity contribution in [2.75, 3.05) is 50.0 Å². The predicted molar refractivity (Wildman–Crippen MR) is 140 cm³/mol. The number of morpholine rings is 1. The highest BCUT2D eigenvalue weighted by molar-refractivity contribution is 5.85. The van der Waals surface area contributed by atoms with E-state index >= 15 is 0 Å². The van der Waals surface area contributed by atoms with Crippen LogP contribution in [0, 0.1) is 17.5 Å². The van der Waals surface area contributed by atoms with E-state index in [9.17, 15) is 13.2 Å². The predicted octanol–water partition coefficient (Wildman–Crippen LogP) is 3.86. The number of aromatic nitrogens is 6. The van der Waals surface area contributed by atoms with E-state index in [2.05, 4.69) is 40.5 Å². The SMILES string of the molecule is Fc1cccc(-n2cnc3c(NCc4nc5c(F)c(F)ccc5[nH]4)nc(NCCCN4CCOCC4)nc32)c1. The molecule has 3 N–H and O–H groups in total. The highest BCUT2D eigenvalue weighted by Gasteiger charge is 2.17. The summed E-state index contributed by atoms with van der Waals surface area (Å²) in [5.41, 5.74) is 1.82. The summed E-state index contributed by atoms with van der Waals surface area (Å²) < 4.78 is 48.8. The number of halogens is 3. The molecule has 0 spiro atoms. The third kappa shape index (κ3) is 5.36. The molecule has 1 aliphatic rings. The molecule has 0 bridgehead atoms. The van der Waals surface area contributed by atoms with Gasteiger partial charge in [0.25, 0.3) is 0 Å². The van der Waals surface area contributed by atoms with E-state index in [4.69, 9.17) is 4.74 Å². The van der Waals surface area contributed by atoms with Crippen molar-refractivity contribution < 1.29 is 17.9 Å². The first-order valence-electron chi connectivity index (χ1n) is 12.7. The number of ether oxygens (including phenoxy) is 1. The Morgan fingerprint density at radius 1 is 0.974 bits per heavy atom. The van der Waals surface area contributed by atoms with Gasteiger partial charge in [-0.2, -0.15) is 9.97 Å². The molecule has 0 unspecified atom stereocenters. The molecular weight excluding hydrogens is 511 g/mol. The maximum Gasteiger partial charge on any atom is 0.226 e. The second-order valence-corrected chi connectivity index (χ2v) is 9.19. The van der Waals surface area contributed by atoms with Crippen LogP contribution in [0.4, 0.5) is 24.9 Å². The smallest absolute Gasteiger partial charge is 0.226 e. The Balaban J connectivity index is 1.26. The number of fused-ring (bicyclic) bond motifs is 2. The summed E-state index contributed by atoms with van der Waals surface area (Å²) in [6, 6.07) is 8.63. The van der Waals surface area contributed by atoms with Crippen LogP contribution in [-0.2, 0) is 11.3 Å². The maximum atomic E-state index is 14.1. The molecular formula is C26H26F3N9O. The Hall–Kier alpha value is -4.23. The van der Waals surface area contributed by atoms with Gasteiger partial charge in [0.15, 0.2) is 28.6 Å². The monoisotopic (exact) mass is 537 g/mol. The minimum Gasteiger partial charge on any atom is -0.379 e. The summed E-state index contributed by atoms with van der Waals surface area (Å²) in [5.74, 6) is -1.15. The Bertz CT molecular complexity index is 1610. The molecule has 39 heavy (non-hydrogen) atoms. The Labute approximate surface area is 221 Å². The van der Waals surface area contributed by atoms with E-state index in [1.165, 1.54) is 18.2 Å². The number of hydrogen-bond acceptors (Lipinski definition) is 8. The summed E-state index contributed by atoms with van der Waals surface area (Å²) in [4.78, 5) is 23.3. The van der Waals surface area contributed by atoms with Crippen LogP contribution in [0.2, 0.25) is 0 Å². The number of hydrogen-bond donors (Lipinski definition) is 3. The lowest BCUT2D eigenvalue weighted by molar-refractivity contribution is 0.0378. The van der Waals surface area contributed by atoms with Crippen molar-refractivity contribution >= 4 is 34.0 Å². The number of aromatic amines is 1. The van der Waals surface area contributed by atoms with Gasteiger partial charge in [0.2, 0.25) is 5.95 Å². The van der Waals surface area contributed by atoms with Crippen LogP contribution in [0.1, 0.15) is 12.2 Å². The first-order chi connectivity index (χ1) is 19.0. The number of imidazole rings is 2. The summed E-state index contributed by atoms with van der Waals surface area (Å²) in [6.45, 7) is 5.05. The highest BCUT2D eigenvalue weighted by Crippen LogP contribution is 2.25. The molecule has 0 saturated carbocycles. The third-order valence-electron chi connectivity index (χ3n) is 6.54. The molecule has 0 amide bonds. The third-order valence-corrected chi connectivity index (χ3v) is 6.54. The van der Waals surface area contributed by atoms with Crippen molar-refractivity contribution in [2.45, 2.75) is 13.0 Å². The largest absolute Gasteiger partial charge is 0.379 e. The molecule has 1 aliphatic heterocycles. The second kappa shape index (κ2) is 10.9. The van der Waals surface area contributed by atoms with E-state index in [1.807, 2.05) is 0 Å². The van der Waals surface area contributed by atoms with Gasteiger partial charge < -0.3 is 20.4 Å². The fourth-order valence-electron chi connectivity index (χ4n) is 4.56. The van der Waals surface area contributed by atoms with Gasteiger partial charge >= 0.3 is 0 Å². The van der Waals surface area contributed by atoms with Crippen molar-refractivity contribution in [3.8, 4) is 5.69 Å². The molecule has 4 heterocycles. The van der Waals surface area contributed by atoms with Gasteiger partial charge in [-0.25, -0.2) is 23.1 Å². The Morgan fingerprint density at radius 2 is 1.85 bits per heavy atom. The molecule has 1 fully saturated rings. The van der Waals surface area contributed by atoms with Crippen LogP contribution in [-0.4, -0.2) is 73.8 Å². The lowest BCUT2D eigenvalue weighted by Gasteiger charge is -2.26. The maximum absolute atomic E-state index is 14.1. The number of rotatable bonds is 9. The molecule has 13 heteroatoms. The van der Waals surface area contributed by atoms with Gasteiger partial charge in [0, 0.05) is 19.6 Å². The molecule has 0 atom stereocenters. The van der Waals surface area contributed by atoms with E-state index in [1.54, 1.807) is 23.0 Å². The molecule has 6 rings (SSSR count). The average molecular weight is 538 g/mol. The van der Waals surface area contributed by atoms with Gasteiger partial charge in [-0.3, -0.25) is 9.47 Å². The number of H-pyrrole nitrogens is 1. The van der Waals surface area contributed by atoms with Crippen LogP contribution in [0.15, 0.2) is 42.7 Å². The average Bonchev–Trinajstić information content (AvgIpc) is 3.57. The summed E-state index contributed by atoms with van der Waals surface area (Å²) in [6.07, 6.45) is 2.44. The van der Waals surface area contributed by atoms with Gasteiger partial charge in [0.1, 0.15) is 23.5 Å². The fraction of sp³-hybridized carbons (Fsp3) is 0.308. The van der Waals surface area contributed by atoms with Crippen molar-refractivity contribution in [2.24, 2.45) is 0 Å². The molecule has 5 aromatic rings. The second-order valence-electron chi connectivity index (χ2n) is 9.19. The van der Waals surface area contributed by atoms with Crippen LogP contribution < -0.4 is 10.6 Å². The van der Waals surface area contributed by atoms with Crippen LogP contribution >= 0.6 is 0 Å². The van der Waals surface area contributed by atoms with Gasteiger partial charge in [-0.05, 0) is 43.3 Å². The van der Waals surface area contributed by atoms with Crippen LogP contribution in [0.25, 0.3) is 27.9 Å². The molecule has 2 aromatic carbocycles. The van der Waals surface area contributed by atoms with Gasteiger partial charge in [0.05, 0.1) is 31.0 Å². The molecule has 0 aliphatic carbocycles. The lowest BCUT2D eigenvalue weighted by Crippen LogP contribution is -2.37. The van der Waals surface area contributed by atoms with E-state index in [0.29, 0.717) is 46.5 Å². The zero-order valence-electron chi connectivity index (χ0n) is 20.9. The van der Waals surface area contributed by atoms with Crippen molar-refractivity contribution in [3.05, 3.63) is 66.0 Å². The zero-order chi connectivity index (χ0) is 26.8. The fourth-order valence-corrected chi connectivity index (χ4v) is 4.56. The number of nitrogens with zero attached hydrogens (tertiary/aromatic N) is 6. The Morgan fingerprint density at radius 3 is 2.69 bits per heavy atom. The first-order valence-corrected chi connectivity index (χ1v) is 12.7. The van der Waals surface area contributed by atoms with Crippen molar-refractivity contribution in [1.29, 1.82) is 0 Å².